The smallest absolute Gasteiger partial charge is 0.407 e. The number of aliphatic carboxylic acids is 2. The summed E-state index contributed by atoms with van der Waals surface area (Å²) in [5.74, 6) is -5.67. The average molecular weight is 885 g/mol. The van der Waals surface area contributed by atoms with Gasteiger partial charge in [-0.3, -0.25) is 24.0 Å². The summed E-state index contributed by atoms with van der Waals surface area (Å²) in [6.07, 6.45) is -0.0881. The largest absolute Gasteiger partial charge is 0.481 e. The third kappa shape index (κ3) is 31.7. The molecule has 4 N–H and O–H groups in total. The molecule has 0 atom stereocenters. The van der Waals surface area contributed by atoms with Gasteiger partial charge in [0.05, 0.1) is 39.1 Å². The van der Waals surface area contributed by atoms with Crippen molar-refractivity contribution in [2.24, 2.45) is 33.5 Å². The molecule has 0 unspecified atom stereocenters. The Balaban J connectivity index is -0.000000849. The number of hydrogen-bond acceptors (Lipinski definition) is 13. The first-order chi connectivity index (χ1) is 28.1. The van der Waals surface area contributed by atoms with Crippen LogP contribution in [-0.2, 0) is 57.3 Å². The van der Waals surface area contributed by atoms with Gasteiger partial charge in [0.15, 0.2) is 0 Å². The summed E-state index contributed by atoms with van der Waals surface area (Å²) in [4.78, 5) is 99.5. The zero-order chi connectivity index (χ0) is 49.2. The van der Waals surface area contributed by atoms with Crippen LogP contribution in [0.15, 0.2) is 24.3 Å². The number of carboxylic acids is 2. The summed E-state index contributed by atoms with van der Waals surface area (Å²) in [6.45, 7) is 36.3. The molecule has 62 heavy (non-hydrogen) atoms. The summed E-state index contributed by atoms with van der Waals surface area (Å²) in [5.41, 5.74) is 0.512. The maximum absolute atomic E-state index is 11.7. The van der Waals surface area contributed by atoms with Crippen LogP contribution in [0.25, 0.3) is 0 Å². The molecule has 0 heterocycles. The standard InChI is InChI=1S/C18H33NO4.C16H28O5.C11H15NO6/c1-13(2)15(20)22-10-9-19-16(21)23-12-17(5,6)11-18(7,8)14(3)4;1-11(2)16(5,6)9-15(3,4)10-21-14(20)12(17)7-8-13(18)19;1-7(2)11(17)18-6-5-12-10(16)8(13)3-4-9(14)15/h14H,1,9-12H2,2-8H3,(H,19,21);11H,7-10H2,1-6H3,(H,18,19);1,3-6H2,2H3,(H,12,16)(H,14,15). The second-order valence-electron chi connectivity index (χ2n) is 18.8. The van der Waals surface area contributed by atoms with Gasteiger partial charge in [-0.05, 0) is 60.2 Å². The first-order valence-corrected chi connectivity index (χ1v) is 20.6. The molecule has 0 aliphatic heterocycles. The van der Waals surface area contributed by atoms with Crippen molar-refractivity contribution in [1.82, 2.24) is 10.6 Å². The molecule has 0 aromatic carbocycles. The molecular weight excluding hydrogens is 808 g/mol. The second-order valence-corrected chi connectivity index (χ2v) is 18.8. The number of esters is 3. The maximum Gasteiger partial charge on any atom is 0.407 e. The van der Waals surface area contributed by atoms with Gasteiger partial charge in [-0.2, -0.15) is 0 Å². The zero-order valence-electron chi connectivity index (χ0n) is 39.8. The molecule has 0 rings (SSSR count). The molecular formula is C45H76N2O15. The summed E-state index contributed by atoms with van der Waals surface area (Å²) in [6, 6.07) is 0. The highest BCUT2D eigenvalue weighted by atomic mass is 16.6. The number of amides is 2. The number of rotatable bonds is 26. The number of carbonyl (C=O) groups excluding carboxylic acids is 7. The normalized spacial score (nSPS) is 11.4. The Hall–Kier alpha value is -5.09. The van der Waals surface area contributed by atoms with Crippen molar-refractivity contribution in [3.8, 4) is 0 Å². The van der Waals surface area contributed by atoms with Crippen LogP contribution in [0.4, 0.5) is 4.79 Å². The highest BCUT2D eigenvalue weighted by Crippen LogP contribution is 2.40. The molecule has 0 spiro atoms. The van der Waals surface area contributed by atoms with Gasteiger partial charge in [0.1, 0.15) is 13.2 Å². The maximum atomic E-state index is 11.7. The Labute approximate surface area is 368 Å². The Kier molecular flexibility index (Phi) is 28.9. The van der Waals surface area contributed by atoms with E-state index in [9.17, 15) is 43.2 Å². The summed E-state index contributed by atoms with van der Waals surface area (Å²) in [5, 5.41) is 21.6. The minimum atomic E-state index is -1.15. The van der Waals surface area contributed by atoms with E-state index in [-0.39, 0.29) is 79.4 Å². The van der Waals surface area contributed by atoms with Crippen molar-refractivity contribution in [1.29, 1.82) is 0 Å². The molecule has 0 saturated heterocycles. The van der Waals surface area contributed by atoms with Crippen LogP contribution in [-0.4, -0.2) is 103 Å². The lowest BCUT2D eigenvalue weighted by molar-refractivity contribution is -0.157. The summed E-state index contributed by atoms with van der Waals surface area (Å²) < 4.78 is 19.9. The number of ether oxygens (including phenoxy) is 4. The Morgan fingerprint density at radius 3 is 1.23 bits per heavy atom. The molecule has 0 bridgehead atoms. The lowest BCUT2D eigenvalue weighted by Gasteiger charge is -2.37. The number of nitrogens with one attached hydrogen (secondary N) is 2. The molecule has 356 valence electrons. The number of carbonyl (C=O) groups is 9. The van der Waals surface area contributed by atoms with Gasteiger partial charge in [-0.15, -0.1) is 0 Å². The number of alkyl carbamates (subject to hydrolysis) is 1. The van der Waals surface area contributed by atoms with Crippen molar-refractivity contribution < 1.29 is 72.3 Å². The molecule has 0 fully saturated rings. The van der Waals surface area contributed by atoms with E-state index >= 15 is 0 Å². The van der Waals surface area contributed by atoms with Gasteiger partial charge in [0.2, 0.25) is 11.6 Å². The van der Waals surface area contributed by atoms with Gasteiger partial charge in [0.25, 0.3) is 5.91 Å². The van der Waals surface area contributed by atoms with Crippen LogP contribution >= 0.6 is 0 Å². The van der Waals surface area contributed by atoms with Crippen LogP contribution in [0, 0.1) is 33.5 Å². The molecule has 0 radical (unpaired) electrons. The van der Waals surface area contributed by atoms with Crippen molar-refractivity contribution >= 4 is 53.4 Å². The first-order valence-electron chi connectivity index (χ1n) is 20.6. The van der Waals surface area contributed by atoms with Crippen LogP contribution in [0.5, 0.6) is 0 Å². The number of ketones is 2. The van der Waals surface area contributed by atoms with Gasteiger partial charge >= 0.3 is 35.9 Å². The number of carboxylic acid groups (broad SMARTS) is 2. The third-order valence-corrected chi connectivity index (χ3v) is 9.72. The van der Waals surface area contributed by atoms with Gasteiger partial charge < -0.3 is 39.8 Å². The average Bonchev–Trinajstić information content (AvgIpc) is 3.13. The first kappa shape index (κ1) is 61.2. The van der Waals surface area contributed by atoms with Crippen LogP contribution in [0.3, 0.4) is 0 Å². The number of hydrogen-bond donors (Lipinski definition) is 4. The van der Waals surface area contributed by atoms with Crippen LogP contribution in [0.1, 0.15) is 135 Å². The molecule has 0 saturated carbocycles. The van der Waals surface area contributed by atoms with Gasteiger partial charge in [-0.25, -0.2) is 19.2 Å². The highest BCUT2D eigenvalue weighted by Gasteiger charge is 2.34. The van der Waals surface area contributed by atoms with Crippen LogP contribution in [0.2, 0.25) is 0 Å². The molecule has 2 amide bonds. The fourth-order valence-electron chi connectivity index (χ4n) is 5.24. The Bertz CT molecular complexity index is 1560. The zero-order valence-corrected chi connectivity index (χ0v) is 39.8. The lowest BCUT2D eigenvalue weighted by atomic mass is 9.70. The minimum absolute atomic E-state index is 0.0172. The molecule has 0 aliphatic rings. The van der Waals surface area contributed by atoms with Crippen LogP contribution < -0.4 is 10.6 Å². The molecule has 17 heteroatoms. The van der Waals surface area contributed by atoms with E-state index in [4.69, 9.17) is 24.4 Å². The summed E-state index contributed by atoms with van der Waals surface area (Å²) >= 11 is 0. The van der Waals surface area contributed by atoms with E-state index in [2.05, 4.69) is 97.8 Å². The van der Waals surface area contributed by atoms with Crippen molar-refractivity contribution in [2.75, 3.05) is 39.5 Å². The van der Waals surface area contributed by atoms with E-state index in [1.165, 1.54) is 6.92 Å². The molecule has 0 aromatic heterocycles. The van der Waals surface area contributed by atoms with Gasteiger partial charge in [0, 0.05) is 24.0 Å². The summed E-state index contributed by atoms with van der Waals surface area (Å²) in [7, 11) is 0. The van der Waals surface area contributed by atoms with Crippen molar-refractivity contribution in [3.63, 3.8) is 0 Å². The fourth-order valence-corrected chi connectivity index (χ4v) is 5.24. The Morgan fingerprint density at radius 1 is 0.516 bits per heavy atom. The number of Topliss-reactive ketones (excluding diaryl/α,β-unsaturated/α-hetero) is 2. The predicted octanol–water partition coefficient (Wildman–Crippen LogP) is 6.65. The van der Waals surface area contributed by atoms with E-state index in [1.54, 1.807) is 6.92 Å². The fraction of sp³-hybridized carbons (Fsp3) is 0.711. The monoisotopic (exact) mass is 885 g/mol. The third-order valence-electron chi connectivity index (χ3n) is 9.72. The van der Waals surface area contributed by atoms with E-state index in [1.807, 2.05) is 13.8 Å². The van der Waals surface area contributed by atoms with E-state index in [0.29, 0.717) is 24.0 Å². The second kappa shape index (κ2) is 29.3. The quantitative estimate of drug-likeness (QED) is 0.0233. The predicted molar refractivity (Wildman–Crippen MR) is 233 cm³/mol. The van der Waals surface area contributed by atoms with E-state index < -0.39 is 59.8 Å². The highest BCUT2D eigenvalue weighted by molar-refractivity contribution is 6.36. The molecule has 17 nitrogen and oxygen atoms in total. The molecule has 0 aliphatic carbocycles. The van der Waals surface area contributed by atoms with Crippen molar-refractivity contribution in [2.45, 2.75) is 135 Å². The topological polar surface area (TPSA) is 255 Å². The molecule has 0 aromatic rings. The SMILES string of the molecule is C=C(C)C(=O)OCCNC(=O)C(=O)CCC(=O)O.C=C(C)C(=O)OCCNC(=O)OCC(C)(C)CC(C)(C)C(C)C.CC(C)C(C)(C)CC(C)(C)COC(=O)C(=O)CCC(=O)O. The van der Waals surface area contributed by atoms with Crippen molar-refractivity contribution in [3.05, 3.63) is 24.3 Å². The minimum Gasteiger partial charge on any atom is -0.481 e. The van der Waals surface area contributed by atoms with E-state index in [0.717, 1.165) is 12.8 Å². The van der Waals surface area contributed by atoms with Gasteiger partial charge in [-0.1, -0.05) is 96.2 Å². The Morgan fingerprint density at radius 2 is 0.871 bits per heavy atom. The lowest BCUT2D eigenvalue weighted by Crippen LogP contribution is -2.34.